The van der Waals surface area contributed by atoms with Crippen LogP contribution in [0.2, 0.25) is 0 Å². The second-order valence-corrected chi connectivity index (χ2v) is 3.25. The van der Waals surface area contributed by atoms with E-state index in [1.807, 2.05) is 12.3 Å². The molecule has 2 heterocycles. The minimum atomic E-state index is -0.0425. The minimum Gasteiger partial charge on any atom is -0.390 e. The summed E-state index contributed by atoms with van der Waals surface area (Å²) in [5, 5.41) is 13.3. The summed E-state index contributed by atoms with van der Waals surface area (Å²) in [5.74, 6) is 0. The van der Waals surface area contributed by atoms with Crippen LogP contribution in [0, 0.1) is 0 Å². The van der Waals surface area contributed by atoms with E-state index in [1.54, 1.807) is 17.9 Å². The number of aliphatic hydroxyl groups is 1. The SMILES string of the molecule is COCCn1cc2nc(CO)ccc2n1. The third-order valence-corrected chi connectivity index (χ3v) is 2.15. The maximum atomic E-state index is 8.94. The van der Waals surface area contributed by atoms with Gasteiger partial charge in [-0.05, 0) is 12.1 Å². The second kappa shape index (κ2) is 4.37. The Kier molecular flexibility index (Phi) is 2.94. The lowest BCUT2D eigenvalue weighted by atomic mass is 10.3. The summed E-state index contributed by atoms with van der Waals surface area (Å²) in [6.07, 6.45) is 1.85. The van der Waals surface area contributed by atoms with E-state index in [2.05, 4.69) is 10.1 Å². The third kappa shape index (κ3) is 2.14. The van der Waals surface area contributed by atoms with E-state index in [4.69, 9.17) is 9.84 Å². The number of nitrogens with zero attached hydrogens (tertiary/aromatic N) is 3. The molecular weight excluding hydrogens is 194 g/mol. The van der Waals surface area contributed by atoms with Crippen LogP contribution in [0.1, 0.15) is 5.69 Å². The van der Waals surface area contributed by atoms with Gasteiger partial charge in [0.05, 0.1) is 31.6 Å². The van der Waals surface area contributed by atoms with Gasteiger partial charge in [0.2, 0.25) is 0 Å². The van der Waals surface area contributed by atoms with E-state index in [-0.39, 0.29) is 6.61 Å². The molecular formula is C10H13N3O2. The number of fused-ring (bicyclic) bond motifs is 1. The predicted molar refractivity (Wildman–Crippen MR) is 55.3 cm³/mol. The summed E-state index contributed by atoms with van der Waals surface area (Å²) in [7, 11) is 1.66. The molecule has 0 spiro atoms. The molecule has 2 aromatic rings. The Morgan fingerprint density at radius 3 is 3.00 bits per heavy atom. The van der Waals surface area contributed by atoms with Gasteiger partial charge in [0, 0.05) is 7.11 Å². The zero-order valence-electron chi connectivity index (χ0n) is 8.55. The van der Waals surface area contributed by atoms with E-state index in [0.29, 0.717) is 18.8 Å². The zero-order valence-corrected chi connectivity index (χ0v) is 8.55. The Hall–Kier alpha value is -1.46. The van der Waals surface area contributed by atoms with Gasteiger partial charge >= 0.3 is 0 Å². The molecule has 5 heteroatoms. The largest absolute Gasteiger partial charge is 0.390 e. The van der Waals surface area contributed by atoms with Crippen molar-refractivity contribution in [2.24, 2.45) is 0 Å². The number of pyridine rings is 1. The molecule has 15 heavy (non-hydrogen) atoms. The Morgan fingerprint density at radius 1 is 1.40 bits per heavy atom. The number of aliphatic hydroxyl groups excluding tert-OH is 1. The van der Waals surface area contributed by atoms with Crippen molar-refractivity contribution in [1.82, 2.24) is 14.8 Å². The third-order valence-electron chi connectivity index (χ3n) is 2.15. The summed E-state index contributed by atoms with van der Waals surface area (Å²) in [5.41, 5.74) is 2.30. The Morgan fingerprint density at radius 2 is 2.27 bits per heavy atom. The first-order chi connectivity index (χ1) is 7.33. The van der Waals surface area contributed by atoms with Crippen molar-refractivity contribution in [3.05, 3.63) is 24.0 Å². The molecule has 0 aliphatic rings. The fourth-order valence-electron chi connectivity index (χ4n) is 1.39. The lowest BCUT2D eigenvalue weighted by Crippen LogP contribution is -2.03. The number of rotatable bonds is 4. The molecule has 0 fully saturated rings. The molecule has 2 aromatic heterocycles. The van der Waals surface area contributed by atoms with Crippen LogP contribution in [0.3, 0.4) is 0 Å². The summed E-state index contributed by atoms with van der Waals surface area (Å²) >= 11 is 0. The van der Waals surface area contributed by atoms with Gasteiger partial charge in [-0.1, -0.05) is 0 Å². The lowest BCUT2D eigenvalue weighted by Gasteiger charge is -1.97. The van der Waals surface area contributed by atoms with Gasteiger partial charge < -0.3 is 9.84 Å². The number of methoxy groups -OCH3 is 1. The second-order valence-electron chi connectivity index (χ2n) is 3.25. The highest BCUT2D eigenvalue weighted by Gasteiger charge is 2.02. The van der Waals surface area contributed by atoms with Gasteiger partial charge in [0.25, 0.3) is 0 Å². The van der Waals surface area contributed by atoms with Crippen molar-refractivity contribution in [3.8, 4) is 0 Å². The van der Waals surface area contributed by atoms with E-state index >= 15 is 0 Å². The van der Waals surface area contributed by atoms with E-state index in [9.17, 15) is 0 Å². The van der Waals surface area contributed by atoms with Crippen molar-refractivity contribution in [1.29, 1.82) is 0 Å². The number of ether oxygens (including phenoxy) is 1. The van der Waals surface area contributed by atoms with E-state index < -0.39 is 0 Å². The lowest BCUT2D eigenvalue weighted by molar-refractivity contribution is 0.184. The van der Waals surface area contributed by atoms with Gasteiger partial charge in [-0.25, -0.2) is 4.98 Å². The monoisotopic (exact) mass is 207 g/mol. The van der Waals surface area contributed by atoms with Crippen molar-refractivity contribution >= 4 is 11.0 Å². The summed E-state index contributed by atoms with van der Waals surface area (Å²) in [6.45, 7) is 1.29. The van der Waals surface area contributed by atoms with Crippen molar-refractivity contribution in [3.63, 3.8) is 0 Å². The first kappa shape index (κ1) is 10.1. The van der Waals surface area contributed by atoms with Crippen LogP contribution in [0.5, 0.6) is 0 Å². The number of hydrogen-bond donors (Lipinski definition) is 1. The average molecular weight is 207 g/mol. The van der Waals surface area contributed by atoms with Crippen molar-refractivity contribution in [2.75, 3.05) is 13.7 Å². The highest BCUT2D eigenvalue weighted by atomic mass is 16.5. The van der Waals surface area contributed by atoms with Gasteiger partial charge in [-0.3, -0.25) is 4.68 Å². The Bertz CT molecular complexity index is 453. The van der Waals surface area contributed by atoms with Gasteiger partial charge in [0.1, 0.15) is 11.0 Å². The Balaban J connectivity index is 2.29. The molecule has 0 radical (unpaired) electrons. The molecule has 0 saturated carbocycles. The molecule has 0 unspecified atom stereocenters. The molecule has 5 nitrogen and oxygen atoms in total. The molecule has 0 aliphatic heterocycles. The highest BCUT2D eigenvalue weighted by Crippen LogP contribution is 2.10. The molecule has 0 saturated heterocycles. The van der Waals surface area contributed by atoms with Crippen molar-refractivity contribution < 1.29 is 9.84 Å². The fraction of sp³-hybridized carbons (Fsp3) is 0.400. The number of hydrogen-bond acceptors (Lipinski definition) is 4. The quantitative estimate of drug-likeness (QED) is 0.796. The van der Waals surface area contributed by atoms with Crippen LogP contribution in [0.4, 0.5) is 0 Å². The minimum absolute atomic E-state index is 0.0425. The fourth-order valence-corrected chi connectivity index (χ4v) is 1.39. The van der Waals surface area contributed by atoms with Gasteiger partial charge in [0.15, 0.2) is 0 Å². The summed E-state index contributed by atoms with van der Waals surface area (Å²) in [6, 6.07) is 3.63. The molecule has 2 rings (SSSR count). The van der Waals surface area contributed by atoms with Crippen LogP contribution in [0.15, 0.2) is 18.3 Å². The molecule has 0 aromatic carbocycles. The molecule has 80 valence electrons. The zero-order chi connectivity index (χ0) is 10.7. The van der Waals surface area contributed by atoms with Gasteiger partial charge in [-0.2, -0.15) is 5.10 Å². The normalized spacial score (nSPS) is 11.1. The Labute approximate surface area is 87.3 Å². The predicted octanol–water partition coefficient (Wildman–Crippen LogP) is 0.570. The highest BCUT2D eigenvalue weighted by molar-refractivity contribution is 5.73. The van der Waals surface area contributed by atoms with Crippen LogP contribution in [-0.4, -0.2) is 33.6 Å². The smallest absolute Gasteiger partial charge is 0.111 e. The van der Waals surface area contributed by atoms with Crippen LogP contribution in [-0.2, 0) is 17.9 Å². The molecule has 1 N–H and O–H groups in total. The first-order valence-electron chi connectivity index (χ1n) is 4.76. The molecule has 0 atom stereocenters. The molecule has 0 bridgehead atoms. The van der Waals surface area contributed by atoms with Crippen LogP contribution >= 0.6 is 0 Å². The van der Waals surface area contributed by atoms with Crippen molar-refractivity contribution in [2.45, 2.75) is 13.2 Å². The molecule has 0 amide bonds. The maximum absolute atomic E-state index is 8.94. The average Bonchev–Trinajstić information content (AvgIpc) is 2.67. The van der Waals surface area contributed by atoms with Crippen LogP contribution in [0.25, 0.3) is 11.0 Å². The molecule has 0 aliphatic carbocycles. The first-order valence-corrected chi connectivity index (χ1v) is 4.76. The van der Waals surface area contributed by atoms with Crippen LogP contribution < -0.4 is 0 Å². The van der Waals surface area contributed by atoms with Gasteiger partial charge in [-0.15, -0.1) is 0 Å². The maximum Gasteiger partial charge on any atom is 0.111 e. The summed E-state index contributed by atoms with van der Waals surface area (Å²) < 4.78 is 6.76. The van der Waals surface area contributed by atoms with E-state index in [0.717, 1.165) is 11.0 Å². The standard InChI is InChI=1S/C10H13N3O2/c1-15-5-4-13-6-10-9(12-13)3-2-8(7-14)11-10/h2-3,6,14H,4-5,7H2,1H3. The topological polar surface area (TPSA) is 60.2 Å². The number of aromatic nitrogens is 3. The van der Waals surface area contributed by atoms with E-state index in [1.165, 1.54) is 0 Å². The summed E-state index contributed by atoms with van der Waals surface area (Å²) in [4.78, 5) is 4.25.